The first kappa shape index (κ1) is 16.7. The number of carbonyl (C=O) groups excluding carboxylic acids is 2. The van der Waals surface area contributed by atoms with Crippen molar-refractivity contribution in [3.05, 3.63) is 59.2 Å². The molecule has 3 rings (SSSR count). The first-order valence-corrected chi connectivity index (χ1v) is 8.06. The van der Waals surface area contributed by atoms with Gasteiger partial charge in [0.25, 0.3) is 5.91 Å². The zero-order valence-corrected chi connectivity index (χ0v) is 13.5. The lowest BCUT2D eigenvalue weighted by molar-refractivity contribution is -0.136. The van der Waals surface area contributed by atoms with Crippen molar-refractivity contribution in [2.24, 2.45) is 0 Å². The van der Waals surface area contributed by atoms with Crippen molar-refractivity contribution >= 4 is 29.2 Å². The van der Waals surface area contributed by atoms with E-state index in [4.69, 9.17) is 5.11 Å². The lowest BCUT2D eigenvalue weighted by Gasteiger charge is -2.10. The van der Waals surface area contributed by atoms with Crippen molar-refractivity contribution in [1.29, 1.82) is 0 Å². The Morgan fingerprint density at radius 3 is 2.56 bits per heavy atom. The maximum atomic E-state index is 12.4. The maximum absolute atomic E-state index is 12.4. The fraction of sp³-hybridized carbons (Fsp3) is 0.211. The van der Waals surface area contributed by atoms with E-state index >= 15 is 0 Å². The number of aliphatic carboxylic acids is 1. The number of carbonyl (C=O) groups is 3. The number of amides is 2. The lowest BCUT2D eigenvalue weighted by atomic mass is 10.0. The summed E-state index contributed by atoms with van der Waals surface area (Å²) in [7, 11) is 0. The summed E-state index contributed by atoms with van der Waals surface area (Å²) in [6.45, 7) is 0. The standard InChI is InChI=1S/C19H18N2O4/c22-17-3-1-2-13-11-14(6-9-16(13)21-17)19(25)20-15-7-4-12(5-8-15)10-18(23)24/h4-9,11H,1-3,10H2,(H,20,25)(H,21,22)(H,23,24). The Hall–Kier alpha value is -3.15. The predicted molar refractivity (Wildman–Crippen MR) is 93.7 cm³/mol. The normalized spacial score (nSPS) is 13.4. The average molecular weight is 338 g/mol. The van der Waals surface area contributed by atoms with Crippen LogP contribution in [0.2, 0.25) is 0 Å². The number of nitrogens with one attached hydrogen (secondary N) is 2. The Morgan fingerprint density at radius 2 is 1.84 bits per heavy atom. The maximum Gasteiger partial charge on any atom is 0.307 e. The number of aryl methyl sites for hydroxylation is 1. The molecule has 2 amide bonds. The van der Waals surface area contributed by atoms with E-state index in [1.54, 1.807) is 42.5 Å². The van der Waals surface area contributed by atoms with Crippen molar-refractivity contribution in [3.8, 4) is 0 Å². The number of rotatable bonds is 4. The molecular formula is C19H18N2O4. The summed E-state index contributed by atoms with van der Waals surface area (Å²) in [4.78, 5) is 34.7. The minimum atomic E-state index is -0.895. The molecule has 0 spiro atoms. The predicted octanol–water partition coefficient (Wildman–Crippen LogP) is 2.84. The van der Waals surface area contributed by atoms with Crippen LogP contribution in [-0.2, 0) is 22.4 Å². The highest BCUT2D eigenvalue weighted by Crippen LogP contribution is 2.23. The van der Waals surface area contributed by atoms with Crippen molar-refractivity contribution < 1.29 is 19.5 Å². The molecule has 0 radical (unpaired) electrons. The van der Waals surface area contributed by atoms with Gasteiger partial charge in [-0.3, -0.25) is 14.4 Å². The summed E-state index contributed by atoms with van der Waals surface area (Å²) < 4.78 is 0. The molecule has 0 aromatic heterocycles. The zero-order valence-electron chi connectivity index (χ0n) is 13.5. The van der Waals surface area contributed by atoms with Crippen LogP contribution in [0.1, 0.15) is 34.3 Å². The minimum Gasteiger partial charge on any atom is -0.481 e. The molecule has 1 aliphatic heterocycles. The van der Waals surface area contributed by atoms with Gasteiger partial charge in [-0.05, 0) is 54.3 Å². The van der Waals surface area contributed by atoms with Gasteiger partial charge in [-0.2, -0.15) is 0 Å². The van der Waals surface area contributed by atoms with Crippen LogP contribution in [0.5, 0.6) is 0 Å². The third-order valence-electron chi connectivity index (χ3n) is 4.06. The number of benzene rings is 2. The first-order valence-electron chi connectivity index (χ1n) is 8.06. The van der Waals surface area contributed by atoms with Crippen LogP contribution in [0.4, 0.5) is 11.4 Å². The van der Waals surface area contributed by atoms with Gasteiger partial charge in [0.15, 0.2) is 0 Å². The summed E-state index contributed by atoms with van der Waals surface area (Å²) in [6.07, 6.45) is 1.94. The minimum absolute atomic E-state index is 0.00241. The van der Waals surface area contributed by atoms with Crippen LogP contribution < -0.4 is 10.6 Å². The second-order valence-electron chi connectivity index (χ2n) is 6.00. The van der Waals surface area contributed by atoms with Crippen molar-refractivity contribution in [1.82, 2.24) is 0 Å². The Labute approximate surface area is 144 Å². The van der Waals surface area contributed by atoms with Gasteiger partial charge in [0.1, 0.15) is 0 Å². The van der Waals surface area contributed by atoms with E-state index in [9.17, 15) is 14.4 Å². The fourth-order valence-electron chi connectivity index (χ4n) is 2.80. The van der Waals surface area contributed by atoms with Gasteiger partial charge >= 0.3 is 5.97 Å². The fourth-order valence-corrected chi connectivity index (χ4v) is 2.80. The van der Waals surface area contributed by atoms with E-state index in [0.29, 0.717) is 23.2 Å². The molecule has 0 fully saturated rings. The lowest BCUT2D eigenvalue weighted by Crippen LogP contribution is -2.13. The molecule has 25 heavy (non-hydrogen) atoms. The number of carboxylic acid groups (broad SMARTS) is 1. The Morgan fingerprint density at radius 1 is 1.08 bits per heavy atom. The van der Waals surface area contributed by atoms with Crippen molar-refractivity contribution in [2.45, 2.75) is 25.7 Å². The second kappa shape index (κ2) is 7.17. The second-order valence-corrected chi connectivity index (χ2v) is 6.00. The molecule has 1 heterocycles. The average Bonchev–Trinajstić information content (AvgIpc) is 2.76. The number of carboxylic acids is 1. The molecule has 128 valence electrons. The van der Waals surface area contributed by atoms with Crippen molar-refractivity contribution in [2.75, 3.05) is 10.6 Å². The van der Waals surface area contributed by atoms with Crippen LogP contribution in [0.15, 0.2) is 42.5 Å². The number of anilines is 2. The van der Waals surface area contributed by atoms with Crippen LogP contribution in [0, 0.1) is 0 Å². The Kier molecular flexibility index (Phi) is 4.79. The summed E-state index contributed by atoms with van der Waals surface area (Å²) >= 11 is 0. The summed E-state index contributed by atoms with van der Waals surface area (Å²) in [6, 6.07) is 11.9. The van der Waals surface area contributed by atoms with Gasteiger partial charge in [-0.1, -0.05) is 12.1 Å². The van der Waals surface area contributed by atoms with Crippen LogP contribution >= 0.6 is 0 Å². The number of fused-ring (bicyclic) bond motifs is 1. The highest BCUT2D eigenvalue weighted by molar-refractivity contribution is 6.05. The van der Waals surface area contributed by atoms with Crippen LogP contribution in [-0.4, -0.2) is 22.9 Å². The van der Waals surface area contributed by atoms with E-state index < -0.39 is 5.97 Å². The molecule has 2 aromatic carbocycles. The third kappa shape index (κ3) is 4.23. The molecule has 6 nitrogen and oxygen atoms in total. The largest absolute Gasteiger partial charge is 0.481 e. The van der Waals surface area contributed by atoms with Crippen molar-refractivity contribution in [3.63, 3.8) is 0 Å². The molecular weight excluding hydrogens is 320 g/mol. The summed E-state index contributed by atoms with van der Waals surface area (Å²) in [5, 5.41) is 14.4. The SMILES string of the molecule is O=C(O)Cc1ccc(NC(=O)c2ccc3c(c2)CCCC(=O)N3)cc1. The van der Waals surface area contributed by atoms with Gasteiger partial charge in [0.2, 0.25) is 5.91 Å². The smallest absolute Gasteiger partial charge is 0.307 e. The molecule has 6 heteroatoms. The van der Waals surface area contributed by atoms with Gasteiger partial charge in [0.05, 0.1) is 6.42 Å². The van der Waals surface area contributed by atoms with E-state index in [-0.39, 0.29) is 18.2 Å². The first-order chi connectivity index (χ1) is 12.0. The molecule has 0 bridgehead atoms. The summed E-state index contributed by atoms with van der Waals surface area (Å²) in [5.41, 5.74) is 3.51. The van der Waals surface area contributed by atoms with Gasteiger partial charge in [0, 0.05) is 23.4 Å². The van der Waals surface area contributed by atoms with E-state index in [1.165, 1.54) is 0 Å². The molecule has 0 atom stereocenters. The third-order valence-corrected chi connectivity index (χ3v) is 4.06. The number of hydrogen-bond donors (Lipinski definition) is 3. The molecule has 0 unspecified atom stereocenters. The molecule has 0 saturated heterocycles. The molecule has 2 aromatic rings. The van der Waals surface area contributed by atoms with Gasteiger partial charge < -0.3 is 15.7 Å². The highest BCUT2D eigenvalue weighted by atomic mass is 16.4. The van der Waals surface area contributed by atoms with Gasteiger partial charge in [-0.15, -0.1) is 0 Å². The van der Waals surface area contributed by atoms with E-state index in [1.807, 2.05) is 0 Å². The number of hydrogen-bond acceptors (Lipinski definition) is 3. The molecule has 3 N–H and O–H groups in total. The van der Waals surface area contributed by atoms with E-state index in [0.717, 1.165) is 24.1 Å². The van der Waals surface area contributed by atoms with Crippen LogP contribution in [0.3, 0.4) is 0 Å². The van der Waals surface area contributed by atoms with Crippen LogP contribution in [0.25, 0.3) is 0 Å². The Balaban J connectivity index is 1.72. The van der Waals surface area contributed by atoms with E-state index in [2.05, 4.69) is 10.6 Å². The molecule has 0 saturated carbocycles. The van der Waals surface area contributed by atoms with Gasteiger partial charge in [-0.25, -0.2) is 0 Å². The molecule has 0 aliphatic carbocycles. The zero-order chi connectivity index (χ0) is 17.8. The highest BCUT2D eigenvalue weighted by Gasteiger charge is 2.15. The summed E-state index contributed by atoms with van der Waals surface area (Å²) in [5.74, 6) is -1.14. The quantitative estimate of drug-likeness (QED) is 0.799. The Bertz CT molecular complexity index is 828. The molecule has 1 aliphatic rings. The topological polar surface area (TPSA) is 95.5 Å². The monoisotopic (exact) mass is 338 g/mol.